The Morgan fingerprint density at radius 2 is 1.00 bits per heavy atom. The fourth-order valence-electron chi connectivity index (χ4n) is 1.33. The molecule has 7 nitrogen and oxygen atoms in total. The molecule has 0 rings (SSSR count). The van der Waals surface area contributed by atoms with Crippen molar-refractivity contribution in [1.82, 2.24) is 0 Å². The van der Waals surface area contributed by atoms with Gasteiger partial charge in [-0.05, 0) is 13.3 Å². The molecule has 7 heteroatoms. The summed E-state index contributed by atoms with van der Waals surface area (Å²) in [4.78, 5) is 27.7. The zero-order chi connectivity index (χ0) is 16.4. The van der Waals surface area contributed by atoms with Crippen LogP contribution >= 0.6 is 0 Å². The van der Waals surface area contributed by atoms with Gasteiger partial charge in [-0.25, -0.2) is 9.59 Å². The van der Waals surface area contributed by atoms with E-state index in [4.69, 9.17) is 30.0 Å². The maximum atomic E-state index is 10.6. The van der Waals surface area contributed by atoms with Crippen LogP contribution in [0.4, 0.5) is 9.59 Å². The predicted molar refractivity (Wildman–Crippen MR) is 74.6 cm³/mol. The van der Waals surface area contributed by atoms with E-state index in [2.05, 4.69) is 6.92 Å². The number of Topliss-reactive ketones (excluding diaryl/α,β-unsaturated/α-hetero) is 1. The molecule has 0 aliphatic rings. The first-order valence-electron chi connectivity index (χ1n) is 6.57. The molecule has 0 aliphatic heterocycles. The molecule has 0 saturated heterocycles. The Kier molecular flexibility index (Phi) is 22.8. The number of carbonyl (C=O) groups is 3. The molecule has 0 radical (unpaired) electrons. The van der Waals surface area contributed by atoms with Crippen molar-refractivity contribution in [2.45, 2.75) is 65.2 Å². The molecule has 0 aromatic rings. The molecule has 0 unspecified atom stereocenters. The van der Waals surface area contributed by atoms with Crippen molar-refractivity contribution in [1.29, 1.82) is 0 Å². The third-order valence-corrected chi connectivity index (χ3v) is 2.13. The Hall–Kier alpha value is -1.79. The molecule has 0 saturated carbocycles. The van der Waals surface area contributed by atoms with Crippen LogP contribution in [-0.2, 0) is 4.79 Å². The molecule has 0 atom stereocenters. The smallest absolute Gasteiger partial charge is 0.450 e. The average molecular weight is 294 g/mol. The highest BCUT2D eigenvalue weighted by molar-refractivity contribution is 5.75. The SMILES string of the molecule is CCCCCCCCCC(C)=O.O=C(O)O.O=C(O)O. The summed E-state index contributed by atoms with van der Waals surface area (Å²) < 4.78 is 0. The number of hydrogen-bond acceptors (Lipinski definition) is 3. The van der Waals surface area contributed by atoms with Crippen LogP contribution in [0.1, 0.15) is 65.2 Å². The Labute approximate surface area is 119 Å². The molecule has 0 aromatic carbocycles. The van der Waals surface area contributed by atoms with Crippen LogP contribution in [0.5, 0.6) is 0 Å². The highest BCUT2D eigenvalue weighted by Crippen LogP contribution is 2.08. The summed E-state index contributed by atoms with van der Waals surface area (Å²) in [5.41, 5.74) is 0. The largest absolute Gasteiger partial charge is 0.503 e. The minimum atomic E-state index is -1.83. The third-order valence-electron chi connectivity index (χ3n) is 2.13. The summed E-state index contributed by atoms with van der Waals surface area (Å²) in [6.45, 7) is 3.91. The second-order valence-electron chi connectivity index (χ2n) is 4.14. The Bertz CT molecular complexity index is 231. The summed E-state index contributed by atoms with van der Waals surface area (Å²) in [5, 5.41) is 27.9. The lowest BCUT2D eigenvalue weighted by Crippen LogP contribution is -1.89. The molecule has 4 N–H and O–H groups in total. The van der Waals surface area contributed by atoms with Gasteiger partial charge in [-0.15, -0.1) is 0 Å². The van der Waals surface area contributed by atoms with Crippen molar-refractivity contribution in [3.63, 3.8) is 0 Å². The van der Waals surface area contributed by atoms with Gasteiger partial charge in [-0.1, -0.05) is 45.4 Å². The molecule has 0 aromatic heterocycles. The van der Waals surface area contributed by atoms with E-state index in [-0.39, 0.29) is 0 Å². The molecule has 0 spiro atoms. The van der Waals surface area contributed by atoms with E-state index in [1.807, 2.05) is 0 Å². The van der Waals surface area contributed by atoms with Crippen LogP contribution in [0.25, 0.3) is 0 Å². The lowest BCUT2D eigenvalue weighted by Gasteiger charge is -1.98. The summed E-state index contributed by atoms with van der Waals surface area (Å²) >= 11 is 0. The van der Waals surface area contributed by atoms with E-state index in [1.54, 1.807) is 6.92 Å². The fourth-order valence-corrected chi connectivity index (χ4v) is 1.33. The molecule has 0 aliphatic carbocycles. The summed E-state index contributed by atoms with van der Waals surface area (Å²) in [7, 11) is 0. The van der Waals surface area contributed by atoms with E-state index in [0.717, 1.165) is 12.8 Å². The van der Waals surface area contributed by atoms with Gasteiger partial charge in [0, 0.05) is 6.42 Å². The quantitative estimate of drug-likeness (QED) is 0.494. The van der Waals surface area contributed by atoms with Gasteiger partial charge < -0.3 is 25.2 Å². The second-order valence-corrected chi connectivity index (χ2v) is 4.14. The van der Waals surface area contributed by atoms with Gasteiger partial charge in [0.1, 0.15) is 5.78 Å². The van der Waals surface area contributed by atoms with Crippen LogP contribution in [0, 0.1) is 0 Å². The molecule has 0 fully saturated rings. The normalized spacial score (nSPS) is 8.50. The van der Waals surface area contributed by atoms with Crippen LogP contribution < -0.4 is 0 Å². The van der Waals surface area contributed by atoms with Crippen LogP contribution in [-0.4, -0.2) is 38.5 Å². The zero-order valence-electron chi connectivity index (χ0n) is 12.2. The monoisotopic (exact) mass is 294 g/mol. The summed E-state index contributed by atoms with van der Waals surface area (Å²) in [6, 6.07) is 0. The van der Waals surface area contributed by atoms with E-state index < -0.39 is 12.3 Å². The van der Waals surface area contributed by atoms with Gasteiger partial charge in [-0.2, -0.15) is 0 Å². The van der Waals surface area contributed by atoms with Gasteiger partial charge in [0.25, 0.3) is 0 Å². The first kappa shape index (κ1) is 23.3. The first-order valence-corrected chi connectivity index (χ1v) is 6.57. The van der Waals surface area contributed by atoms with Crippen LogP contribution in [0.15, 0.2) is 0 Å². The molecule has 0 heterocycles. The highest BCUT2D eigenvalue weighted by atomic mass is 16.6. The number of carbonyl (C=O) groups excluding carboxylic acids is 1. The number of carboxylic acid groups (broad SMARTS) is 4. The number of rotatable bonds is 8. The van der Waals surface area contributed by atoms with Crippen molar-refractivity contribution in [3.05, 3.63) is 0 Å². The van der Waals surface area contributed by atoms with Crippen molar-refractivity contribution in [2.75, 3.05) is 0 Å². The van der Waals surface area contributed by atoms with Crippen LogP contribution in [0.2, 0.25) is 0 Å². The minimum absolute atomic E-state index is 0.337. The highest BCUT2D eigenvalue weighted by Gasteiger charge is 1.93. The van der Waals surface area contributed by atoms with Gasteiger partial charge in [-0.3, -0.25) is 0 Å². The van der Waals surface area contributed by atoms with Gasteiger partial charge in [0.05, 0.1) is 0 Å². The van der Waals surface area contributed by atoms with E-state index in [9.17, 15) is 4.79 Å². The second kappa shape index (κ2) is 19.5. The molecule has 20 heavy (non-hydrogen) atoms. The van der Waals surface area contributed by atoms with Crippen molar-refractivity contribution in [3.8, 4) is 0 Å². The number of hydrogen-bond donors (Lipinski definition) is 4. The predicted octanol–water partition coefficient (Wildman–Crippen LogP) is 4.16. The molecule has 0 amide bonds. The first-order chi connectivity index (χ1) is 9.23. The topological polar surface area (TPSA) is 132 Å². The van der Waals surface area contributed by atoms with E-state index in [1.165, 1.54) is 38.5 Å². The Morgan fingerprint density at radius 3 is 1.30 bits per heavy atom. The molecule has 0 bridgehead atoms. The zero-order valence-corrected chi connectivity index (χ0v) is 12.2. The maximum absolute atomic E-state index is 10.6. The maximum Gasteiger partial charge on any atom is 0.503 e. The summed E-state index contributed by atoms with van der Waals surface area (Å²) in [6.07, 6.45) is 6.17. The van der Waals surface area contributed by atoms with E-state index >= 15 is 0 Å². The van der Waals surface area contributed by atoms with Crippen molar-refractivity contribution >= 4 is 18.1 Å². The van der Waals surface area contributed by atoms with Gasteiger partial charge in [0.2, 0.25) is 0 Å². The lowest BCUT2D eigenvalue weighted by molar-refractivity contribution is -0.117. The van der Waals surface area contributed by atoms with Crippen molar-refractivity contribution < 1.29 is 34.8 Å². The van der Waals surface area contributed by atoms with Gasteiger partial charge in [0.15, 0.2) is 0 Å². The van der Waals surface area contributed by atoms with Crippen LogP contribution in [0.3, 0.4) is 0 Å². The van der Waals surface area contributed by atoms with Gasteiger partial charge >= 0.3 is 12.3 Å². The molecular weight excluding hydrogens is 268 g/mol. The number of unbranched alkanes of at least 4 members (excludes halogenated alkanes) is 6. The Balaban J connectivity index is -0.000000297. The minimum Gasteiger partial charge on any atom is -0.450 e. The Morgan fingerprint density at radius 1 is 0.700 bits per heavy atom. The standard InChI is InChI=1S/C11H22O.2CH2O3/c1-3-4-5-6-7-8-9-10-11(2)12;2*2-1(3)4/h3-10H2,1-2H3;2*(H2,2,3,4). The fraction of sp³-hybridized carbons (Fsp3) is 0.769. The van der Waals surface area contributed by atoms with Crippen molar-refractivity contribution in [2.24, 2.45) is 0 Å². The number of ketones is 1. The lowest BCUT2D eigenvalue weighted by atomic mass is 10.1. The molecule has 120 valence electrons. The van der Waals surface area contributed by atoms with E-state index in [0.29, 0.717) is 5.78 Å². The summed E-state index contributed by atoms with van der Waals surface area (Å²) in [5.74, 6) is 0.337. The molecular formula is C13H26O7. The average Bonchev–Trinajstić information content (AvgIpc) is 2.26. The third kappa shape index (κ3) is 72.1.